The molecule has 0 unspecified atom stereocenters. The van der Waals surface area contributed by atoms with Crippen molar-refractivity contribution in [2.45, 2.75) is 77.8 Å². The van der Waals surface area contributed by atoms with Gasteiger partial charge in [-0.2, -0.15) is 0 Å². The molecule has 0 aromatic heterocycles. The summed E-state index contributed by atoms with van der Waals surface area (Å²) in [6.07, 6.45) is 0. The van der Waals surface area contributed by atoms with E-state index in [0.717, 1.165) is 5.57 Å². The van der Waals surface area contributed by atoms with Gasteiger partial charge >= 0.3 is 0 Å². The molecule has 2 rings (SSSR count). The van der Waals surface area contributed by atoms with Crippen molar-refractivity contribution in [1.29, 1.82) is 0 Å². The molecule has 0 bridgehead atoms. The van der Waals surface area contributed by atoms with Crippen LogP contribution in [0.5, 0.6) is 0 Å². The molecule has 0 aliphatic carbocycles. The van der Waals surface area contributed by atoms with Crippen LogP contribution in [0, 0.1) is 0 Å². The first-order chi connectivity index (χ1) is 14.4. The Kier molecular flexibility index (Phi) is 7.33. The molecule has 0 saturated heterocycles. The fraction of sp³-hybridized carbons (Fsp3) is 0.500. The Bertz CT molecular complexity index is 884. The molecule has 0 spiro atoms. The van der Waals surface area contributed by atoms with Crippen molar-refractivity contribution in [3.05, 3.63) is 66.2 Å². The first-order valence-electron chi connectivity index (χ1n) is 11.8. The third kappa shape index (κ3) is 4.77. The van der Waals surface area contributed by atoms with Gasteiger partial charge in [0, 0.05) is 22.5 Å². The molecular formula is C28H46N2Si2. The molecule has 2 aromatic carbocycles. The highest BCUT2D eigenvalue weighted by Gasteiger charge is 2.41. The van der Waals surface area contributed by atoms with Gasteiger partial charge < -0.3 is 9.13 Å². The van der Waals surface area contributed by atoms with Crippen molar-refractivity contribution < 1.29 is 0 Å². The second-order valence-corrected chi connectivity index (χ2v) is 22.8. The van der Waals surface area contributed by atoms with Gasteiger partial charge in [-0.1, -0.05) is 111 Å². The van der Waals surface area contributed by atoms with Gasteiger partial charge in [-0.05, 0) is 41.9 Å². The zero-order valence-electron chi connectivity index (χ0n) is 22.7. The molecular weight excluding hydrogens is 420 g/mol. The summed E-state index contributed by atoms with van der Waals surface area (Å²) in [5.41, 5.74) is 6.14. The molecule has 0 fully saturated rings. The van der Waals surface area contributed by atoms with Crippen LogP contribution in [0.1, 0.15) is 52.7 Å². The average molecular weight is 467 g/mol. The topological polar surface area (TPSA) is 6.48 Å². The normalized spacial score (nSPS) is 13.1. The molecule has 176 valence electrons. The number of nitrogens with zero attached hydrogens (tertiary/aromatic N) is 2. The number of hydrogen-bond donors (Lipinski definition) is 0. The number of rotatable bonds is 6. The van der Waals surface area contributed by atoms with Crippen LogP contribution in [-0.2, 0) is 0 Å². The predicted octanol–water partition coefficient (Wildman–Crippen LogP) is 8.63. The molecule has 0 atom stereocenters. The van der Waals surface area contributed by atoms with E-state index in [1.807, 2.05) is 0 Å². The maximum absolute atomic E-state index is 4.65. The lowest BCUT2D eigenvalue weighted by Gasteiger charge is -2.46. The fourth-order valence-corrected chi connectivity index (χ4v) is 7.40. The van der Waals surface area contributed by atoms with E-state index in [2.05, 4.69) is 146 Å². The summed E-state index contributed by atoms with van der Waals surface area (Å²) in [5.74, 6) is 0. The quantitative estimate of drug-likeness (QED) is 0.393. The highest BCUT2D eigenvalue weighted by molar-refractivity contribution is 6.84. The Labute approximate surface area is 200 Å². The summed E-state index contributed by atoms with van der Waals surface area (Å²) < 4.78 is 5.13. The molecule has 0 N–H and O–H groups in total. The van der Waals surface area contributed by atoms with Crippen molar-refractivity contribution in [3.8, 4) is 0 Å². The van der Waals surface area contributed by atoms with Crippen molar-refractivity contribution in [1.82, 2.24) is 0 Å². The summed E-state index contributed by atoms with van der Waals surface area (Å²) in [6, 6.07) is 17.6. The van der Waals surface area contributed by atoms with E-state index < -0.39 is 16.5 Å². The van der Waals surface area contributed by atoms with Crippen LogP contribution in [0.15, 0.2) is 55.1 Å². The fourth-order valence-electron chi connectivity index (χ4n) is 3.80. The largest absolute Gasteiger partial charge is 0.399 e. The second-order valence-electron chi connectivity index (χ2n) is 12.2. The van der Waals surface area contributed by atoms with Gasteiger partial charge in [0.2, 0.25) is 0 Å². The molecule has 2 aromatic rings. The average Bonchev–Trinajstić information content (AvgIpc) is 2.70. The van der Waals surface area contributed by atoms with Crippen molar-refractivity contribution in [3.63, 3.8) is 0 Å². The summed E-state index contributed by atoms with van der Waals surface area (Å²) in [4.78, 5) is 0. The second kappa shape index (κ2) is 8.87. The predicted molar refractivity (Wildman–Crippen MR) is 152 cm³/mol. The highest BCUT2D eigenvalue weighted by Crippen LogP contribution is 2.44. The molecule has 0 heterocycles. The van der Waals surface area contributed by atoms with Crippen molar-refractivity contribution in [2.24, 2.45) is 0 Å². The van der Waals surface area contributed by atoms with E-state index in [0.29, 0.717) is 0 Å². The lowest BCUT2D eigenvalue weighted by Crippen LogP contribution is -2.53. The Hall–Kier alpha value is -1.79. The lowest BCUT2D eigenvalue weighted by molar-refractivity contribution is 0.712. The Morgan fingerprint density at radius 3 is 1.19 bits per heavy atom. The van der Waals surface area contributed by atoms with Gasteiger partial charge in [-0.3, -0.25) is 0 Å². The van der Waals surface area contributed by atoms with Crippen LogP contribution in [0.4, 0.5) is 11.4 Å². The summed E-state index contributed by atoms with van der Waals surface area (Å²) in [6.45, 7) is 28.7. The van der Waals surface area contributed by atoms with Gasteiger partial charge in [0.25, 0.3) is 0 Å². The first kappa shape index (κ1) is 26.5. The molecule has 0 saturated carbocycles. The number of anilines is 2. The zero-order chi connectivity index (χ0) is 24.7. The monoisotopic (exact) mass is 466 g/mol. The van der Waals surface area contributed by atoms with Gasteiger partial charge in [-0.15, -0.1) is 0 Å². The van der Waals surface area contributed by atoms with Crippen molar-refractivity contribution in [2.75, 3.05) is 23.2 Å². The van der Waals surface area contributed by atoms with Crippen LogP contribution < -0.4 is 9.13 Å². The van der Waals surface area contributed by atoms with E-state index in [1.54, 1.807) is 0 Å². The SMILES string of the molecule is C=C(c1ccccc1N(C)[Si](C)(C)C(C)(C)C)c1ccccc1N(C)[Si](C)(C)C(C)(C)C. The van der Waals surface area contributed by atoms with Crippen LogP contribution >= 0.6 is 0 Å². The number of benzene rings is 2. The summed E-state index contributed by atoms with van der Waals surface area (Å²) in [7, 11) is 1.09. The zero-order valence-corrected chi connectivity index (χ0v) is 24.7. The Morgan fingerprint density at radius 2 is 0.906 bits per heavy atom. The standard InChI is InChI=1S/C28H46N2Si2/c1-22(23-18-14-16-20-25(23)29(8)31(10,11)27(2,3)4)24-19-15-17-21-26(24)30(9)32(12,13)28(5,6)7/h14-21H,1H2,2-13H3. The van der Waals surface area contributed by atoms with Crippen molar-refractivity contribution >= 4 is 33.4 Å². The van der Waals surface area contributed by atoms with Crippen LogP contribution in [-0.4, -0.2) is 30.6 Å². The van der Waals surface area contributed by atoms with E-state index in [1.165, 1.54) is 22.5 Å². The third-order valence-corrected chi connectivity index (χ3v) is 19.7. The van der Waals surface area contributed by atoms with Crippen LogP contribution in [0.3, 0.4) is 0 Å². The van der Waals surface area contributed by atoms with Gasteiger partial charge in [0.15, 0.2) is 16.5 Å². The van der Waals surface area contributed by atoms with Crippen LogP contribution in [0.2, 0.25) is 36.3 Å². The summed E-state index contributed by atoms with van der Waals surface area (Å²) >= 11 is 0. The minimum Gasteiger partial charge on any atom is -0.399 e. The maximum atomic E-state index is 4.65. The lowest BCUT2D eigenvalue weighted by atomic mass is 9.96. The maximum Gasteiger partial charge on any atom is 0.155 e. The van der Waals surface area contributed by atoms with E-state index >= 15 is 0 Å². The number of para-hydroxylation sites is 2. The van der Waals surface area contributed by atoms with Gasteiger partial charge in [0.1, 0.15) is 0 Å². The molecule has 0 amide bonds. The molecule has 0 radical (unpaired) electrons. The first-order valence-corrected chi connectivity index (χ1v) is 17.7. The Balaban J connectivity index is 2.61. The minimum atomic E-state index is -1.73. The molecule has 0 aliphatic heterocycles. The van der Waals surface area contributed by atoms with E-state index in [4.69, 9.17) is 0 Å². The minimum absolute atomic E-state index is 0.261. The number of hydrogen-bond acceptors (Lipinski definition) is 2. The molecule has 2 nitrogen and oxygen atoms in total. The molecule has 0 aliphatic rings. The third-order valence-electron chi connectivity index (χ3n) is 8.53. The van der Waals surface area contributed by atoms with E-state index in [9.17, 15) is 0 Å². The molecule has 4 heteroatoms. The summed E-state index contributed by atoms with van der Waals surface area (Å²) in [5, 5.41) is 0.521. The van der Waals surface area contributed by atoms with E-state index in [-0.39, 0.29) is 10.1 Å². The van der Waals surface area contributed by atoms with Gasteiger partial charge in [0.05, 0.1) is 0 Å². The Morgan fingerprint density at radius 1 is 0.625 bits per heavy atom. The molecule has 32 heavy (non-hydrogen) atoms. The highest BCUT2D eigenvalue weighted by atomic mass is 28.3. The van der Waals surface area contributed by atoms with Gasteiger partial charge in [-0.25, -0.2) is 0 Å². The van der Waals surface area contributed by atoms with Crippen LogP contribution in [0.25, 0.3) is 5.57 Å². The smallest absolute Gasteiger partial charge is 0.155 e.